The Morgan fingerprint density at radius 3 is 2.50 bits per heavy atom. The SMILES string of the molecule is Cc1ccc(S(=O)(=O)n2ccc3c(C(N)=O)c(-c4cccc(C=O)c4)cnc32)cc1. The molecule has 0 aliphatic heterocycles. The van der Waals surface area contributed by atoms with Gasteiger partial charge in [-0.15, -0.1) is 0 Å². The minimum Gasteiger partial charge on any atom is -0.366 e. The first-order chi connectivity index (χ1) is 14.3. The van der Waals surface area contributed by atoms with E-state index in [4.69, 9.17) is 5.73 Å². The zero-order valence-corrected chi connectivity index (χ0v) is 16.8. The van der Waals surface area contributed by atoms with Crippen LogP contribution in [0.15, 0.2) is 71.9 Å². The molecule has 2 aromatic carbocycles. The third kappa shape index (κ3) is 3.17. The molecule has 2 aromatic heterocycles. The predicted octanol–water partition coefficient (Wildman–Crippen LogP) is 3.16. The second-order valence-electron chi connectivity index (χ2n) is 6.82. The first-order valence-electron chi connectivity index (χ1n) is 9.00. The number of carbonyl (C=O) groups excluding carboxylic acids is 2. The summed E-state index contributed by atoms with van der Waals surface area (Å²) in [6, 6.07) is 14.6. The van der Waals surface area contributed by atoms with Crippen LogP contribution in [0.25, 0.3) is 22.2 Å². The largest absolute Gasteiger partial charge is 0.366 e. The smallest absolute Gasteiger partial charge is 0.269 e. The van der Waals surface area contributed by atoms with Crippen LogP contribution in [0.4, 0.5) is 0 Å². The van der Waals surface area contributed by atoms with E-state index >= 15 is 0 Å². The summed E-state index contributed by atoms with van der Waals surface area (Å²) in [5, 5.41) is 0.312. The highest BCUT2D eigenvalue weighted by atomic mass is 32.2. The Labute approximate surface area is 172 Å². The van der Waals surface area contributed by atoms with Crippen molar-refractivity contribution < 1.29 is 18.0 Å². The molecular weight excluding hydrogens is 402 g/mol. The number of hydrogen-bond acceptors (Lipinski definition) is 5. The Bertz CT molecular complexity index is 1400. The number of hydrogen-bond donors (Lipinski definition) is 1. The first kappa shape index (κ1) is 19.5. The topological polar surface area (TPSA) is 112 Å². The van der Waals surface area contributed by atoms with E-state index in [9.17, 15) is 18.0 Å². The molecular formula is C22H17N3O4S. The summed E-state index contributed by atoms with van der Waals surface area (Å²) in [5.41, 5.74) is 8.24. The molecule has 0 aliphatic rings. The van der Waals surface area contributed by atoms with Crippen LogP contribution in [0.5, 0.6) is 0 Å². The fraction of sp³-hybridized carbons (Fsp3) is 0.0455. The van der Waals surface area contributed by atoms with Crippen molar-refractivity contribution in [3.8, 4) is 11.1 Å². The van der Waals surface area contributed by atoms with Crippen LogP contribution < -0.4 is 5.73 Å². The Hall–Kier alpha value is -3.78. The molecule has 4 aromatic rings. The van der Waals surface area contributed by atoms with Crippen LogP contribution in [0, 0.1) is 6.92 Å². The van der Waals surface area contributed by atoms with E-state index in [0.29, 0.717) is 28.4 Å². The number of nitrogens with zero attached hydrogens (tertiary/aromatic N) is 2. The summed E-state index contributed by atoms with van der Waals surface area (Å²) in [6.45, 7) is 1.86. The van der Waals surface area contributed by atoms with Crippen molar-refractivity contribution in [2.24, 2.45) is 5.73 Å². The Kier molecular flexibility index (Phi) is 4.71. The van der Waals surface area contributed by atoms with Gasteiger partial charge in [-0.2, -0.15) is 0 Å². The number of primary amides is 1. The lowest BCUT2D eigenvalue weighted by Crippen LogP contribution is -2.15. The van der Waals surface area contributed by atoms with Crippen LogP contribution in [-0.2, 0) is 10.0 Å². The molecule has 0 aliphatic carbocycles. The summed E-state index contributed by atoms with van der Waals surface area (Å²) >= 11 is 0. The normalized spacial score (nSPS) is 11.5. The van der Waals surface area contributed by atoms with E-state index in [1.165, 1.54) is 30.6 Å². The third-order valence-electron chi connectivity index (χ3n) is 4.84. The van der Waals surface area contributed by atoms with Crippen LogP contribution in [0.2, 0.25) is 0 Å². The highest BCUT2D eigenvalue weighted by Crippen LogP contribution is 2.31. The van der Waals surface area contributed by atoms with Crippen molar-refractivity contribution in [1.82, 2.24) is 8.96 Å². The summed E-state index contributed by atoms with van der Waals surface area (Å²) in [5.74, 6) is -0.723. The number of carbonyl (C=O) groups is 2. The molecule has 0 bridgehead atoms. The molecule has 4 rings (SSSR count). The minimum absolute atomic E-state index is 0.0969. The van der Waals surface area contributed by atoms with Crippen LogP contribution in [-0.4, -0.2) is 29.6 Å². The number of amides is 1. The van der Waals surface area contributed by atoms with Crippen LogP contribution >= 0.6 is 0 Å². The molecule has 2 heterocycles. The van der Waals surface area contributed by atoms with Crippen molar-refractivity contribution in [2.75, 3.05) is 0 Å². The molecule has 0 saturated carbocycles. The molecule has 0 spiro atoms. The first-order valence-corrected chi connectivity index (χ1v) is 10.4. The van der Waals surface area contributed by atoms with Crippen molar-refractivity contribution in [1.29, 1.82) is 0 Å². The van der Waals surface area contributed by atoms with Crippen molar-refractivity contribution >= 4 is 33.3 Å². The molecule has 8 heteroatoms. The highest BCUT2D eigenvalue weighted by Gasteiger charge is 2.23. The highest BCUT2D eigenvalue weighted by molar-refractivity contribution is 7.90. The maximum absolute atomic E-state index is 13.1. The zero-order valence-electron chi connectivity index (χ0n) is 15.9. The zero-order chi connectivity index (χ0) is 21.5. The van der Waals surface area contributed by atoms with E-state index in [1.807, 2.05) is 6.92 Å². The molecule has 0 fully saturated rings. The number of aldehydes is 1. The number of aromatic nitrogens is 2. The van der Waals surface area contributed by atoms with Gasteiger partial charge in [-0.1, -0.05) is 35.9 Å². The molecule has 0 saturated heterocycles. The van der Waals surface area contributed by atoms with E-state index in [2.05, 4.69) is 4.98 Å². The molecule has 1 amide bonds. The standard InChI is InChI=1S/C22H17N3O4S/c1-14-5-7-17(8-6-14)30(28,29)25-10-9-18-20(21(23)27)19(12-24-22(18)25)16-4-2-3-15(11-16)13-26/h2-13H,1H3,(H2,23,27). The van der Waals surface area contributed by atoms with Crippen molar-refractivity contribution in [3.63, 3.8) is 0 Å². The van der Waals surface area contributed by atoms with Crippen molar-refractivity contribution in [3.05, 3.63) is 83.7 Å². The number of fused-ring (bicyclic) bond motifs is 1. The molecule has 0 atom stereocenters. The van der Waals surface area contributed by atoms with Gasteiger partial charge in [-0.3, -0.25) is 9.59 Å². The third-order valence-corrected chi connectivity index (χ3v) is 6.52. The van der Waals surface area contributed by atoms with Crippen molar-refractivity contribution in [2.45, 2.75) is 11.8 Å². The molecule has 0 radical (unpaired) electrons. The Morgan fingerprint density at radius 2 is 1.83 bits per heavy atom. The lowest BCUT2D eigenvalue weighted by atomic mass is 9.98. The second kappa shape index (κ2) is 7.23. The lowest BCUT2D eigenvalue weighted by molar-refractivity contribution is 0.100. The summed E-state index contributed by atoms with van der Waals surface area (Å²) in [4.78, 5) is 27.8. The molecule has 2 N–H and O–H groups in total. The van der Waals surface area contributed by atoms with Gasteiger partial charge in [0.25, 0.3) is 10.0 Å². The lowest BCUT2D eigenvalue weighted by Gasteiger charge is -2.11. The maximum atomic E-state index is 13.1. The van der Waals surface area contributed by atoms with Gasteiger partial charge in [0, 0.05) is 28.9 Å². The quantitative estimate of drug-likeness (QED) is 0.499. The summed E-state index contributed by atoms with van der Waals surface area (Å²) in [6.07, 6.45) is 3.45. The molecule has 150 valence electrons. The van der Waals surface area contributed by atoms with Gasteiger partial charge in [0.1, 0.15) is 6.29 Å². The Morgan fingerprint density at radius 1 is 1.10 bits per heavy atom. The van der Waals surface area contributed by atoms with Gasteiger partial charge in [-0.05, 0) is 36.8 Å². The van der Waals surface area contributed by atoms with Gasteiger partial charge in [0.2, 0.25) is 5.91 Å². The predicted molar refractivity (Wildman–Crippen MR) is 113 cm³/mol. The molecule has 0 unspecified atom stereocenters. The van der Waals surface area contributed by atoms with Gasteiger partial charge in [0.15, 0.2) is 5.65 Å². The maximum Gasteiger partial charge on any atom is 0.269 e. The van der Waals surface area contributed by atoms with E-state index in [1.54, 1.807) is 36.4 Å². The molecule has 7 nitrogen and oxygen atoms in total. The second-order valence-corrected chi connectivity index (χ2v) is 8.64. The number of benzene rings is 2. The van der Waals surface area contributed by atoms with Gasteiger partial charge in [-0.25, -0.2) is 17.4 Å². The fourth-order valence-electron chi connectivity index (χ4n) is 3.34. The van der Waals surface area contributed by atoms with Crippen LogP contribution in [0.3, 0.4) is 0 Å². The fourth-order valence-corrected chi connectivity index (χ4v) is 4.65. The summed E-state index contributed by atoms with van der Waals surface area (Å²) in [7, 11) is -3.91. The van der Waals surface area contributed by atoms with Crippen LogP contribution in [0.1, 0.15) is 26.3 Å². The molecule has 30 heavy (non-hydrogen) atoms. The number of pyridine rings is 1. The van der Waals surface area contributed by atoms with E-state index in [-0.39, 0.29) is 16.1 Å². The van der Waals surface area contributed by atoms with Gasteiger partial charge < -0.3 is 5.73 Å². The summed E-state index contributed by atoms with van der Waals surface area (Å²) < 4.78 is 27.2. The van der Waals surface area contributed by atoms with Gasteiger partial charge >= 0.3 is 0 Å². The monoisotopic (exact) mass is 419 g/mol. The average molecular weight is 419 g/mol. The number of nitrogens with two attached hydrogens (primary N) is 1. The number of aryl methyl sites for hydroxylation is 1. The van der Waals surface area contributed by atoms with Gasteiger partial charge in [0.05, 0.1) is 10.5 Å². The average Bonchev–Trinajstić information content (AvgIpc) is 3.18. The van der Waals surface area contributed by atoms with E-state index < -0.39 is 15.9 Å². The minimum atomic E-state index is -3.91. The van der Waals surface area contributed by atoms with E-state index in [0.717, 1.165) is 9.54 Å². The number of rotatable bonds is 5. The Balaban J connectivity index is 1.95.